The van der Waals surface area contributed by atoms with Crippen LogP contribution in [-0.4, -0.2) is 67.6 Å². The Bertz CT molecular complexity index is 725. The third kappa shape index (κ3) is 4.32. The lowest BCUT2D eigenvalue weighted by atomic mass is 10.1. The molecule has 0 radical (unpaired) electrons. The van der Waals surface area contributed by atoms with Crippen molar-refractivity contribution in [3.8, 4) is 11.6 Å². The molecule has 0 bridgehead atoms. The fourth-order valence-corrected chi connectivity index (χ4v) is 3.14. The summed E-state index contributed by atoms with van der Waals surface area (Å²) < 4.78 is 10.4. The monoisotopic (exact) mass is 355 g/mol. The van der Waals surface area contributed by atoms with E-state index in [0.29, 0.717) is 11.4 Å². The number of hydrogen-bond acceptors (Lipinski definition) is 5. The Morgan fingerprint density at radius 1 is 1.04 bits per heavy atom. The second kappa shape index (κ2) is 8.67. The third-order valence-corrected chi connectivity index (χ3v) is 4.73. The molecule has 1 saturated heterocycles. The first-order valence-corrected chi connectivity index (χ1v) is 8.85. The molecule has 2 heterocycles. The van der Waals surface area contributed by atoms with Gasteiger partial charge in [-0.2, -0.15) is 0 Å². The number of pyridine rings is 1. The molecule has 0 N–H and O–H groups in total. The van der Waals surface area contributed by atoms with Gasteiger partial charge in [0.05, 0.1) is 14.2 Å². The van der Waals surface area contributed by atoms with E-state index in [9.17, 15) is 4.79 Å². The van der Waals surface area contributed by atoms with E-state index in [1.54, 1.807) is 25.4 Å². The summed E-state index contributed by atoms with van der Waals surface area (Å²) in [6.45, 7) is 4.19. The molecule has 0 unspecified atom stereocenters. The Kier molecular flexibility index (Phi) is 6.07. The van der Waals surface area contributed by atoms with E-state index in [2.05, 4.69) is 22.0 Å². The zero-order valence-corrected chi connectivity index (χ0v) is 15.4. The van der Waals surface area contributed by atoms with Crippen molar-refractivity contribution in [1.29, 1.82) is 0 Å². The Hall–Kier alpha value is -2.60. The van der Waals surface area contributed by atoms with Crippen LogP contribution in [0.4, 0.5) is 0 Å². The molecule has 138 valence electrons. The fourth-order valence-electron chi connectivity index (χ4n) is 3.14. The smallest absolute Gasteiger partial charge is 0.259 e. The Balaban J connectivity index is 1.50. The van der Waals surface area contributed by atoms with Crippen molar-refractivity contribution >= 4 is 5.91 Å². The molecule has 6 nitrogen and oxygen atoms in total. The van der Waals surface area contributed by atoms with Crippen molar-refractivity contribution in [2.45, 2.75) is 6.42 Å². The van der Waals surface area contributed by atoms with Gasteiger partial charge < -0.3 is 14.4 Å². The summed E-state index contributed by atoms with van der Waals surface area (Å²) in [5.41, 5.74) is 1.83. The summed E-state index contributed by atoms with van der Waals surface area (Å²) in [5.74, 6) is 1.26. The van der Waals surface area contributed by atoms with Crippen molar-refractivity contribution in [1.82, 2.24) is 14.8 Å². The number of carbonyl (C=O) groups excluding carboxylic acids is 1. The minimum atomic E-state index is -0.00949. The highest BCUT2D eigenvalue weighted by molar-refractivity contribution is 5.96. The molecule has 0 spiro atoms. The first kappa shape index (κ1) is 18.2. The topological polar surface area (TPSA) is 54.9 Å². The fraction of sp³-hybridized carbons (Fsp3) is 0.400. The summed E-state index contributed by atoms with van der Waals surface area (Å²) in [6, 6.07) is 11.7. The van der Waals surface area contributed by atoms with E-state index < -0.39 is 0 Å². The van der Waals surface area contributed by atoms with Gasteiger partial charge in [-0.05, 0) is 36.2 Å². The second-order valence-electron chi connectivity index (χ2n) is 6.29. The quantitative estimate of drug-likeness (QED) is 0.794. The van der Waals surface area contributed by atoms with Gasteiger partial charge in [0.2, 0.25) is 5.88 Å². The summed E-state index contributed by atoms with van der Waals surface area (Å²) in [4.78, 5) is 21.1. The number of aromatic nitrogens is 1. The molecule has 2 aromatic rings. The minimum absolute atomic E-state index is 0.00949. The molecule has 1 aromatic carbocycles. The van der Waals surface area contributed by atoms with E-state index in [1.807, 2.05) is 17.0 Å². The van der Waals surface area contributed by atoms with Crippen molar-refractivity contribution in [3.63, 3.8) is 0 Å². The van der Waals surface area contributed by atoms with Crippen LogP contribution in [0.3, 0.4) is 0 Å². The van der Waals surface area contributed by atoms with Crippen molar-refractivity contribution in [2.75, 3.05) is 46.9 Å². The van der Waals surface area contributed by atoms with E-state index in [0.717, 1.165) is 44.9 Å². The molecule has 6 heteroatoms. The number of hydrogen-bond donors (Lipinski definition) is 0. The van der Waals surface area contributed by atoms with Crippen molar-refractivity contribution < 1.29 is 14.3 Å². The molecule has 1 fully saturated rings. The highest BCUT2D eigenvalue weighted by Crippen LogP contribution is 2.18. The van der Waals surface area contributed by atoms with Gasteiger partial charge >= 0.3 is 0 Å². The van der Waals surface area contributed by atoms with Crippen molar-refractivity contribution in [2.24, 2.45) is 0 Å². The van der Waals surface area contributed by atoms with Crippen LogP contribution in [0.15, 0.2) is 42.6 Å². The first-order chi connectivity index (χ1) is 12.7. The van der Waals surface area contributed by atoms with E-state index in [-0.39, 0.29) is 5.91 Å². The third-order valence-electron chi connectivity index (χ3n) is 4.73. The van der Waals surface area contributed by atoms with Crippen LogP contribution in [0.5, 0.6) is 11.6 Å². The number of ether oxygens (including phenoxy) is 2. The van der Waals surface area contributed by atoms with Gasteiger partial charge in [0.15, 0.2) is 0 Å². The maximum absolute atomic E-state index is 12.7. The normalized spacial score (nSPS) is 14.9. The number of nitrogens with zero attached hydrogens (tertiary/aromatic N) is 3. The lowest BCUT2D eigenvalue weighted by Gasteiger charge is -2.34. The molecule has 1 aliphatic rings. The van der Waals surface area contributed by atoms with Gasteiger partial charge in [0.1, 0.15) is 11.3 Å². The molecular formula is C20H25N3O3. The minimum Gasteiger partial charge on any atom is -0.497 e. The van der Waals surface area contributed by atoms with Crippen LogP contribution in [-0.2, 0) is 6.42 Å². The molecule has 0 atom stereocenters. The van der Waals surface area contributed by atoms with Crippen LogP contribution in [0.2, 0.25) is 0 Å². The highest BCUT2D eigenvalue weighted by Gasteiger charge is 2.24. The lowest BCUT2D eigenvalue weighted by Crippen LogP contribution is -2.49. The maximum atomic E-state index is 12.7. The van der Waals surface area contributed by atoms with Crippen LogP contribution in [0.25, 0.3) is 0 Å². The van der Waals surface area contributed by atoms with Crippen LogP contribution < -0.4 is 9.47 Å². The first-order valence-electron chi connectivity index (χ1n) is 8.85. The predicted molar refractivity (Wildman–Crippen MR) is 99.8 cm³/mol. The van der Waals surface area contributed by atoms with E-state index in [4.69, 9.17) is 9.47 Å². The average molecular weight is 355 g/mol. The average Bonchev–Trinajstić information content (AvgIpc) is 2.72. The van der Waals surface area contributed by atoms with Gasteiger partial charge in [0, 0.05) is 38.9 Å². The SMILES string of the molecule is COc1ccc(CCN2CCN(C(=O)c3cccnc3OC)CC2)cc1. The maximum Gasteiger partial charge on any atom is 0.259 e. The summed E-state index contributed by atoms with van der Waals surface area (Å²) in [7, 11) is 3.22. The summed E-state index contributed by atoms with van der Waals surface area (Å²) in [5, 5.41) is 0. The summed E-state index contributed by atoms with van der Waals surface area (Å²) in [6.07, 6.45) is 2.63. The number of amides is 1. The van der Waals surface area contributed by atoms with E-state index >= 15 is 0 Å². The van der Waals surface area contributed by atoms with Gasteiger partial charge in [-0.15, -0.1) is 0 Å². The molecule has 1 aliphatic heterocycles. The Morgan fingerprint density at radius 2 is 1.77 bits per heavy atom. The number of methoxy groups -OCH3 is 2. The molecule has 0 aliphatic carbocycles. The zero-order chi connectivity index (χ0) is 18.4. The largest absolute Gasteiger partial charge is 0.497 e. The molecule has 0 saturated carbocycles. The molecule has 26 heavy (non-hydrogen) atoms. The molecule has 1 amide bonds. The van der Waals surface area contributed by atoms with Gasteiger partial charge in [-0.25, -0.2) is 4.98 Å². The van der Waals surface area contributed by atoms with Crippen LogP contribution in [0.1, 0.15) is 15.9 Å². The number of benzene rings is 1. The Morgan fingerprint density at radius 3 is 2.42 bits per heavy atom. The zero-order valence-electron chi connectivity index (χ0n) is 15.4. The van der Waals surface area contributed by atoms with Gasteiger partial charge in [-0.3, -0.25) is 9.69 Å². The standard InChI is InChI=1S/C20H25N3O3/c1-25-17-7-5-16(6-8-17)9-11-22-12-14-23(15-13-22)20(24)18-4-3-10-21-19(18)26-2/h3-8,10H,9,11-15H2,1-2H3. The Labute approximate surface area is 154 Å². The number of carbonyl (C=O) groups is 1. The predicted octanol–water partition coefficient (Wildman–Crippen LogP) is 2.10. The van der Waals surface area contributed by atoms with E-state index in [1.165, 1.54) is 12.7 Å². The van der Waals surface area contributed by atoms with Gasteiger partial charge in [0.25, 0.3) is 5.91 Å². The molecular weight excluding hydrogens is 330 g/mol. The van der Waals surface area contributed by atoms with Gasteiger partial charge in [-0.1, -0.05) is 12.1 Å². The lowest BCUT2D eigenvalue weighted by molar-refractivity contribution is 0.0634. The second-order valence-corrected chi connectivity index (χ2v) is 6.29. The summed E-state index contributed by atoms with van der Waals surface area (Å²) >= 11 is 0. The van der Waals surface area contributed by atoms with Crippen molar-refractivity contribution in [3.05, 3.63) is 53.7 Å². The van der Waals surface area contributed by atoms with Crippen LogP contribution in [0, 0.1) is 0 Å². The molecule has 1 aromatic heterocycles. The molecule has 3 rings (SSSR count). The number of piperazine rings is 1. The van der Waals surface area contributed by atoms with Crippen LogP contribution >= 0.6 is 0 Å². The number of rotatable bonds is 6. The highest BCUT2D eigenvalue weighted by atomic mass is 16.5.